The van der Waals surface area contributed by atoms with Crippen molar-refractivity contribution in [3.05, 3.63) is 64.4 Å². The lowest BCUT2D eigenvalue weighted by Crippen LogP contribution is -2.35. The second-order valence-corrected chi connectivity index (χ2v) is 5.98. The molecule has 0 bridgehead atoms. The molecule has 138 valence electrons. The molecule has 5 nitrogen and oxygen atoms in total. The number of esters is 1. The van der Waals surface area contributed by atoms with E-state index >= 15 is 0 Å². The number of carbonyl (C=O) groups is 2. The van der Waals surface area contributed by atoms with Crippen molar-refractivity contribution in [2.75, 3.05) is 7.11 Å². The molecule has 0 heterocycles. The summed E-state index contributed by atoms with van der Waals surface area (Å²) in [6.07, 6.45) is -1.35. The molecule has 2 rings (SSSR count). The molecule has 0 fully saturated rings. The molecule has 0 aliphatic carbocycles. The highest BCUT2D eigenvalue weighted by atomic mass is 35.5. The first-order chi connectivity index (χ1) is 12.4. The molecule has 2 aromatic rings. The molecule has 1 amide bonds. The van der Waals surface area contributed by atoms with Crippen LogP contribution in [0.4, 0.5) is 4.39 Å². The summed E-state index contributed by atoms with van der Waals surface area (Å²) < 4.78 is 23.8. The van der Waals surface area contributed by atoms with Gasteiger partial charge in [-0.15, -0.1) is 0 Å². The number of hydrogen-bond acceptors (Lipinski definition) is 4. The van der Waals surface area contributed by atoms with Gasteiger partial charge in [0.05, 0.1) is 13.5 Å². The van der Waals surface area contributed by atoms with E-state index in [0.717, 1.165) is 5.56 Å². The summed E-state index contributed by atoms with van der Waals surface area (Å²) >= 11 is 5.88. The van der Waals surface area contributed by atoms with Gasteiger partial charge in [-0.3, -0.25) is 9.59 Å². The van der Waals surface area contributed by atoms with Crippen LogP contribution in [0.2, 0.25) is 5.02 Å². The van der Waals surface area contributed by atoms with Crippen LogP contribution in [-0.4, -0.2) is 25.1 Å². The van der Waals surface area contributed by atoms with Crippen molar-refractivity contribution in [2.24, 2.45) is 0 Å². The Morgan fingerprint density at radius 3 is 2.50 bits per heavy atom. The number of methoxy groups -OCH3 is 1. The highest BCUT2D eigenvalue weighted by Crippen LogP contribution is 2.20. The largest absolute Gasteiger partial charge is 0.497 e. The van der Waals surface area contributed by atoms with Crippen molar-refractivity contribution < 1.29 is 23.5 Å². The van der Waals surface area contributed by atoms with Crippen molar-refractivity contribution in [2.45, 2.75) is 26.0 Å². The van der Waals surface area contributed by atoms with E-state index in [4.69, 9.17) is 21.1 Å². The van der Waals surface area contributed by atoms with Crippen LogP contribution in [0.25, 0.3) is 0 Å². The van der Waals surface area contributed by atoms with Gasteiger partial charge in [0.25, 0.3) is 5.91 Å². The fourth-order valence-corrected chi connectivity index (χ4v) is 2.44. The lowest BCUT2D eigenvalue weighted by molar-refractivity contribution is -0.154. The van der Waals surface area contributed by atoms with Gasteiger partial charge >= 0.3 is 5.97 Å². The third kappa shape index (κ3) is 5.46. The van der Waals surface area contributed by atoms with Gasteiger partial charge in [-0.05, 0) is 36.8 Å². The topological polar surface area (TPSA) is 64.6 Å². The lowest BCUT2D eigenvalue weighted by Gasteiger charge is -2.14. The Hall–Kier alpha value is -2.60. The first-order valence-electron chi connectivity index (χ1n) is 7.93. The van der Waals surface area contributed by atoms with Crippen LogP contribution in [0.15, 0.2) is 42.5 Å². The van der Waals surface area contributed by atoms with Crippen LogP contribution in [0.3, 0.4) is 0 Å². The van der Waals surface area contributed by atoms with Crippen LogP contribution in [0, 0.1) is 5.82 Å². The highest BCUT2D eigenvalue weighted by molar-refractivity contribution is 6.31. The van der Waals surface area contributed by atoms with Crippen LogP contribution >= 0.6 is 11.6 Å². The number of carbonyl (C=O) groups excluding carboxylic acids is 2. The number of ether oxygens (including phenoxy) is 2. The minimum atomic E-state index is -1.01. The van der Waals surface area contributed by atoms with E-state index in [1.165, 1.54) is 25.1 Å². The Morgan fingerprint density at radius 2 is 1.88 bits per heavy atom. The molecule has 1 atom stereocenters. The fraction of sp³-hybridized carbons (Fsp3) is 0.263. The summed E-state index contributed by atoms with van der Waals surface area (Å²) in [4.78, 5) is 24.0. The number of amides is 1. The zero-order chi connectivity index (χ0) is 19.1. The Bertz CT molecular complexity index is 759. The standard InChI is InChI=1S/C19H19ClFNO4/c1-12(19(24)22-11-13-6-8-14(25-2)9-7-13)26-18(23)10-15-16(20)4-3-5-17(15)21/h3-9,12H,10-11H2,1-2H3,(H,22,24)/t12-/m1/s1. The summed E-state index contributed by atoms with van der Waals surface area (Å²) in [7, 11) is 1.57. The highest BCUT2D eigenvalue weighted by Gasteiger charge is 2.19. The summed E-state index contributed by atoms with van der Waals surface area (Å²) in [5.41, 5.74) is 0.917. The molecule has 2 aromatic carbocycles. The van der Waals surface area contributed by atoms with Crippen molar-refractivity contribution in [3.8, 4) is 5.75 Å². The maximum atomic E-state index is 13.7. The van der Waals surface area contributed by atoms with Crippen molar-refractivity contribution in [1.29, 1.82) is 0 Å². The number of halogens is 2. The first-order valence-corrected chi connectivity index (χ1v) is 8.31. The lowest BCUT2D eigenvalue weighted by atomic mass is 10.1. The van der Waals surface area contributed by atoms with E-state index < -0.39 is 23.8 Å². The molecule has 7 heteroatoms. The summed E-state index contributed by atoms with van der Waals surface area (Å²) in [6.45, 7) is 1.73. The zero-order valence-electron chi connectivity index (χ0n) is 14.4. The molecular formula is C19H19ClFNO4. The van der Waals surface area contributed by atoms with E-state index in [2.05, 4.69) is 5.32 Å². The summed E-state index contributed by atoms with van der Waals surface area (Å²) in [5.74, 6) is -1.06. The molecule has 1 N–H and O–H groups in total. The van der Waals surface area contributed by atoms with Crippen molar-refractivity contribution in [3.63, 3.8) is 0 Å². The molecule has 0 aromatic heterocycles. The molecule has 0 radical (unpaired) electrons. The van der Waals surface area contributed by atoms with Crippen LogP contribution < -0.4 is 10.1 Å². The number of benzene rings is 2. The van der Waals surface area contributed by atoms with Crippen LogP contribution in [0.1, 0.15) is 18.1 Å². The van der Waals surface area contributed by atoms with Crippen molar-refractivity contribution in [1.82, 2.24) is 5.32 Å². The first kappa shape index (κ1) is 19.7. The molecule has 0 spiro atoms. The van der Waals surface area contributed by atoms with Gasteiger partial charge in [0, 0.05) is 17.1 Å². The Kier molecular flexibility index (Phi) is 6.97. The van der Waals surface area contributed by atoms with Gasteiger partial charge in [-0.2, -0.15) is 0 Å². The molecule has 0 unspecified atom stereocenters. The van der Waals surface area contributed by atoms with E-state index in [0.29, 0.717) is 5.75 Å². The van der Waals surface area contributed by atoms with E-state index in [-0.39, 0.29) is 23.6 Å². The summed E-state index contributed by atoms with van der Waals surface area (Å²) in [5, 5.41) is 2.81. The zero-order valence-corrected chi connectivity index (χ0v) is 15.2. The van der Waals surface area contributed by atoms with Crippen LogP contribution in [0.5, 0.6) is 5.75 Å². The second-order valence-electron chi connectivity index (χ2n) is 5.57. The number of nitrogens with one attached hydrogen (secondary N) is 1. The number of hydrogen-bond donors (Lipinski definition) is 1. The fourth-order valence-electron chi connectivity index (χ4n) is 2.21. The SMILES string of the molecule is COc1ccc(CNC(=O)[C@@H](C)OC(=O)Cc2c(F)cccc2Cl)cc1. The second kappa shape index (κ2) is 9.20. The minimum Gasteiger partial charge on any atom is -0.497 e. The van der Waals surface area contributed by atoms with E-state index in [9.17, 15) is 14.0 Å². The van der Waals surface area contributed by atoms with Gasteiger partial charge in [-0.25, -0.2) is 4.39 Å². The molecule has 0 saturated carbocycles. The quantitative estimate of drug-likeness (QED) is 0.750. The minimum absolute atomic E-state index is 0.0463. The van der Waals surface area contributed by atoms with Gasteiger partial charge in [0.1, 0.15) is 11.6 Å². The smallest absolute Gasteiger partial charge is 0.311 e. The predicted octanol–water partition coefficient (Wildman–Crippen LogP) is 3.28. The summed E-state index contributed by atoms with van der Waals surface area (Å²) in [6, 6.07) is 11.3. The van der Waals surface area contributed by atoms with Crippen molar-refractivity contribution >= 4 is 23.5 Å². The van der Waals surface area contributed by atoms with Gasteiger partial charge < -0.3 is 14.8 Å². The third-order valence-electron chi connectivity index (χ3n) is 3.69. The normalized spacial score (nSPS) is 11.5. The monoisotopic (exact) mass is 379 g/mol. The average molecular weight is 380 g/mol. The maximum Gasteiger partial charge on any atom is 0.311 e. The maximum absolute atomic E-state index is 13.7. The Balaban J connectivity index is 1.84. The molecular weight excluding hydrogens is 361 g/mol. The van der Waals surface area contributed by atoms with Gasteiger partial charge in [0.2, 0.25) is 0 Å². The van der Waals surface area contributed by atoms with E-state index in [1.807, 2.05) is 12.1 Å². The molecule has 26 heavy (non-hydrogen) atoms. The number of rotatable bonds is 7. The molecule has 0 aliphatic heterocycles. The Morgan fingerprint density at radius 1 is 1.19 bits per heavy atom. The average Bonchev–Trinajstić information content (AvgIpc) is 2.63. The molecule has 0 saturated heterocycles. The van der Waals surface area contributed by atoms with E-state index in [1.54, 1.807) is 19.2 Å². The predicted molar refractivity (Wildman–Crippen MR) is 95.5 cm³/mol. The van der Waals surface area contributed by atoms with Gasteiger partial charge in [0.15, 0.2) is 6.10 Å². The van der Waals surface area contributed by atoms with Crippen LogP contribution in [-0.2, 0) is 27.3 Å². The van der Waals surface area contributed by atoms with Gasteiger partial charge in [-0.1, -0.05) is 29.8 Å². The Labute approximate surface area is 156 Å². The third-order valence-corrected chi connectivity index (χ3v) is 4.04. The molecule has 0 aliphatic rings.